The summed E-state index contributed by atoms with van der Waals surface area (Å²) < 4.78 is 41.4. The second kappa shape index (κ2) is 4.26. The first kappa shape index (κ1) is 12.9. The van der Waals surface area contributed by atoms with Crippen LogP contribution in [0.15, 0.2) is 22.9 Å². The van der Waals surface area contributed by atoms with Crippen molar-refractivity contribution in [3.8, 4) is 0 Å². The van der Waals surface area contributed by atoms with Gasteiger partial charge in [0, 0.05) is 12.4 Å². The van der Waals surface area contributed by atoms with Crippen LogP contribution in [0.25, 0.3) is 11.0 Å². The molecule has 0 aliphatic rings. The number of aromatic nitrogens is 1. The third-order valence-corrected chi connectivity index (χ3v) is 2.18. The minimum Gasteiger partial charge on any atom is -0.475 e. The molecule has 0 spiro atoms. The molecular formula is C10H5F3N2O4. The number of anilines is 1. The Balaban J connectivity index is 2.54. The van der Waals surface area contributed by atoms with Gasteiger partial charge < -0.3 is 14.8 Å². The molecule has 1 amide bonds. The Bertz CT molecular complexity index is 662. The van der Waals surface area contributed by atoms with E-state index in [2.05, 4.69) is 4.98 Å². The first-order valence-electron chi connectivity index (χ1n) is 4.78. The first-order chi connectivity index (χ1) is 8.80. The lowest BCUT2D eigenvalue weighted by Crippen LogP contribution is -2.30. The maximum atomic E-state index is 12.2. The van der Waals surface area contributed by atoms with Gasteiger partial charge in [0.25, 0.3) is 0 Å². The quantitative estimate of drug-likeness (QED) is 0.874. The van der Waals surface area contributed by atoms with Gasteiger partial charge in [0.05, 0.1) is 5.39 Å². The van der Waals surface area contributed by atoms with E-state index in [1.54, 1.807) is 0 Å². The fourth-order valence-corrected chi connectivity index (χ4v) is 1.40. The average molecular weight is 274 g/mol. The summed E-state index contributed by atoms with van der Waals surface area (Å²) in [4.78, 5) is 25.4. The van der Waals surface area contributed by atoms with E-state index in [9.17, 15) is 22.8 Å². The molecule has 0 saturated heterocycles. The van der Waals surface area contributed by atoms with Crippen LogP contribution in [0.4, 0.5) is 18.9 Å². The molecule has 0 aliphatic heterocycles. The highest BCUT2D eigenvalue weighted by Crippen LogP contribution is 2.31. The standard InChI is InChI=1S/C10H5F3N2O4/c11-10(12,13)9(18)15-6-4-3-14-2-1-5(4)19-7(6)8(16)17/h1-3H,(H,15,18)(H,16,17). The lowest BCUT2D eigenvalue weighted by molar-refractivity contribution is -0.167. The van der Waals surface area contributed by atoms with Crippen molar-refractivity contribution in [1.29, 1.82) is 0 Å². The number of halogens is 3. The molecule has 6 nitrogen and oxygen atoms in total. The van der Waals surface area contributed by atoms with Gasteiger partial charge in [-0.3, -0.25) is 9.78 Å². The monoisotopic (exact) mass is 274 g/mol. The van der Waals surface area contributed by atoms with E-state index in [0.29, 0.717) is 0 Å². The molecular weight excluding hydrogens is 269 g/mol. The number of carboxylic acids is 1. The van der Waals surface area contributed by atoms with Crippen LogP contribution < -0.4 is 5.32 Å². The van der Waals surface area contributed by atoms with Crippen molar-refractivity contribution in [2.75, 3.05) is 5.32 Å². The van der Waals surface area contributed by atoms with Gasteiger partial charge >= 0.3 is 18.1 Å². The highest BCUT2D eigenvalue weighted by molar-refractivity contribution is 6.09. The highest BCUT2D eigenvalue weighted by atomic mass is 19.4. The van der Waals surface area contributed by atoms with Gasteiger partial charge in [-0.1, -0.05) is 0 Å². The number of nitrogens with one attached hydrogen (secondary N) is 1. The minimum atomic E-state index is -5.14. The number of fused-ring (bicyclic) bond motifs is 1. The van der Waals surface area contributed by atoms with Crippen molar-refractivity contribution in [2.45, 2.75) is 6.18 Å². The van der Waals surface area contributed by atoms with Crippen LogP contribution in [0.2, 0.25) is 0 Å². The molecule has 2 aromatic heterocycles. The fourth-order valence-electron chi connectivity index (χ4n) is 1.40. The SMILES string of the molecule is O=C(O)c1oc2ccncc2c1NC(=O)C(F)(F)F. The van der Waals surface area contributed by atoms with E-state index in [0.717, 1.165) is 6.20 Å². The normalized spacial score (nSPS) is 11.5. The van der Waals surface area contributed by atoms with Crippen molar-refractivity contribution in [3.05, 3.63) is 24.2 Å². The molecule has 0 fully saturated rings. The number of rotatable bonds is 2. The summed E-state index contributed by atoms with van der Waals surface area (Å²) in [6.45, 7) is 0. The van der Waals surface area contributed by atoms with E-state index >= 15 is 0 Å². The predicted molar refractivity (Wildman–Crippen MR) is 55.7 cm³/mol. The smallest absolute Gasteiger partial charge is 0.471 e. The topological polar surface area (TPSA) is 92.4 Å². The maximum Gasteiger partial charge on any atom is 0.471 e. The fraction of sp³-hybridized carbons (Fsp3) is 0.100. The Morgan fingerprint density at radius 2 is 2.05 bits per heavy atom. The van der Waals surface area contributed by atoms with Gasteiger partial charge in [0.1, 0.15) is 11.3 Å². The first-order valence-corrected chi connectivity index (χ1v) is 4.78. The molecule has 2 heterocycles. The summed E-state index contributed by atoms with van der Waals surface area (Å²) in [7, 11) is 0. The molecule has 2 rings (SSSR count). The zero-order valence-electron chi connectivity index (χ0n) is 8.99. The largest absolute Gasteiger partial charge is 0.475 e. The maximum absolute atomic E-state index is 12.2. The van der Waals surface area contributed by atoms with Crippen LogP contribution in [-0.4, -0.2) is 28.1 Å². The lowest BCUT2D eigenvalue weighted by Gasteiger charge is -2.06. The van der Waals surface area contributed by atoms with Crippen molar-refractivity contribution in [1.82, 2.24) is 4.98 Å². The Hall–Kier alpha value is -2.58. The summed E-state index contributed by atoms with van der Waals surface area (Å²) >= 11 is 0. The Labute approximate surface area is 102 Å². The second-order valence-electron chi connectivity index (χ2n) is 3.44. The molecule has 0 saturated carbocycles. The molecule has 0 radical (unpaired) electrons. The van der Waals surface area contributed by atoms with Crippen LogP contribution in [0.5, 0.6) is 0 Å². The molecule has 0 bridgehead atoms. The van der Waals surface area contributed by atoms with E-state index in [1.807, 2.05) is 0 Å². The van der Waals surface area contributed by atoms with Gasteiger partial charge in [0.15, 0.2) is 0 Å². The van der Waals surface area contributed by atoms with E-state index in [1.165, 1.54) is 17.6 Å². The molecule has 0 atom stereocenters. The van der Waals surface area contributed by atoms with Gasteiger partial charge in [-0.25, -0.2) is 4.79 Å². The Kier molecular flexibility index (Phi) is 2.89. The Morgan fingerprint density at radius 3 is 2.63 bits per heavy atom. The molecule has 0 aromatic carbocycles. The van der Waals surface area contributed by atoms with E-state index < -0.39 is 29.5 Å². The average Bonchev–Trinajstić information content (AvgIpc) is 2.67. The van der Waals surface area contributed by atoms with Crippen molar-refractivity contribution in [3.63, 3.8) is 0 Å². The number of aromatic carboxylic acids is 1. The number of hydrogen-bond acceptors (Lipinski definition) is 4. The van der Waals surface area contributed by atoms with Crippen LogP contribution >= 0.6 is 0 Å². The number of pyridine rings is 1. The Morgan fingerprint density at radius 1 is 1.37 bits per heavy atom. The van der Waals surface area contributed by atoms with Crippen molar-refractivity contribution < 1.29 is 32.3 Å². The molecule has 0 aliphatic carbocycles. The van der Waals surface area contributed by atoms with Gasteiger partial charge in [-0.15, -0.1) is 0 Å². The van der Waals surface area contributed by atoms with Crippen LogP contribution in [0.1, 0.15) is 10.6 Å². The summed E-state index contributed by atoms with van der Waals surface area (Å²) in [5.74, 6) is -4.68. The molecule has 9 heteroatoms. The molecule has 2 aromatic rings. The number of carbonyl (C=O) groups is 2. The molecule has 19 heavy (non-hydrogen) atoms. The summed E-state index contributed by atoms with van der Waals surface area (Å²) in [6, 6.07) is 1.27. The number of amides is 1. The van der Waals surface area contributed by atoms with E-state index in [4.69, 9.17) is 9.52 Å². The van der Waals surface area contributed by atoms with Crippen LogP contribution in [0.3, 0.4) is 0 Å². The third kappa shape index (κ3) is 2.34. The third-order valence-electron chi connectivity index (χ3n) is 2.18. The zero-order chi connectivity index (χ0) is 14.2. The summed E-state index contributed by atoms with van der Waals surface area (Å²) in [5.41, 5.74) is -0.567. The van der Waals surface area contributed by atoms with Gasteiger partial charge in [-0.05, 0) is 6.07 Å². The number of carbonyl (C=O) groups excluding carboxylic acids is 1. The molecule has 0 unspecified atom stereocenters. The van der Waals surface area contributed by atoms with Crippen LogP contribution in [0, 0.1) is 0 Å². The highest BCUT2D eigenvalue weighted by Gasteiger charge is 2.40. The van der Waals surface area contributed by atoms with E-state index in [-0.39, 0.29) is 11.0 Å². The number of alkyl halides is 3. The van der Waals surface area contributed by atoms with Crippen molar-refractivity contribution >= 4 is 28.5 Å². The number of carboxylic acid groups (broad SMARTS) is 1. The van der Waals surface area contributed by atoms with Crippen molar-refractivity contribution in [2.24, 2.45) is 0 Å². The number of nitrogens with zero attached hydrogens (tertiary/aromatic N) is 1. The summed E-state index contributed by atoms with van der Waals surface area (Å²) in [6.07, 6.45) is -2.77. The number of hydrogen-bond donors (Lipinski definition) is 2. The minimum absolute atomic E-state index is 0.00451. The second-order valence-corrected chi connectivity index (χ2v) is 3.44. The zero-order valence-corrected chi connectivity index (χ0v) is 8.99. The lowest BCUT2D eigenvalue weighted by atomic mass is 10.2. The van der Waals surface area contributed by atoms with Crippen LogP contribution in [-0.2, 0) is 4.79 Å². The number of furan rings is 1. The predicted octanol–water partition coefficient (Wildman–Crippen LogP) is 2.03. The van der Waals surface area contributed by atoms with Gasteiger partial charge in [0.2, 0.25) is 5.76 Å². The van der Waals surface area contributed by atoms with Gasteiger partial charge in [-0.2, -0.15) is 13.2 Å². The summed E-state index contributed by atoms with van der Waals surface area (Å²) in [5, 5.41) is 10.3. The molecule has 2 N–H and O–H groups in total. The molecule has 100 valence electrons.